The molecule has 0 unspecified atom stereocenters. The van der Waals surface area contributed by atoms with Gasteiger partial charge in [-0.1, -0.05) is 29.8 Å². The first-order valence-electron chi connectivity index (χ1n) is 6.65. The average Bonchev–Trinajstić information content (AvgIpc) is 2.47. The van der Waals surface area contributed by atoms with Crippen molar-refractivity contribution >= 4 is 11.7 Å². The largest absolute Gasteiger partial charge is 0.483 e. The highest BCUT2D eigenvalue weighted by Crippen LogP contribution is 2.16. The van der Waals surface area contributed by atoms with Gasteiger partial charge in [0.1, 0.15) is 5.75 Å². The summed E-state index contributed by atoms with van der Waals surface area (Å²) < 4.78 is 5.59. The van der Waals surface area contributed by atoms with Crippen LogP contribution in [0.4, 0.5) is 0 Å². The van der Waals surface area contributed by atoms with Crippen molar-refractivity contribution in [2.75, 3.05) is 0 Å². The lowest BCUT2D eigenvalue weighted by molar-refractivity contribution is 0.0817. The molecule has 0 bridgehead atoms. The predicted octanol–water partition coefficient (Wildman–Crippen LogP) is 2.74. The summed E-state index contributed by atoms with van der Waals surface area (Å²) in [6.07, 6.45) is -0.605. The van der Waals surface area contributed by atoms with Crippen LogP contribution in [0, 0.1) is 6.92 Å². The molecule has 2 aromatic rings. The second-order valence-corrected chi connectivity index (χ2v) is 4.88. The van der Waals surface area contributed by atoms with E-state index in [-0.39, 0.29) is 5.78 Å². The molecule has 0 spiro atoms. The van der Waals surface area contributed by atoms with Crippen molar-refractivity contribution in [3.05, 3.63) is 65.2 Å². The van der Waals surface area contributed by atoms with E-state index in [1.807, 2.05) is 19.1 Å². The monoisotopic (exact) mass is 283 g/mol. The molecule has 4 nitrogen and oxygen atoms in total. The van der Waals surface area contributed by atoms with Gasteiger partial charge in [-0.05, 0) is 38.1 Å². The van der Waals surface area contributed by atoms with Crippen LogP contribution >= 0.6 is 0 Å². The number of hydrogen-bond donors (Lipinski definition) is 1. The third-order valence-electron chi connectivity index (χ3n) is 3.16. The molecule has 0 fully saturated rings. The third-order valence-corrected chi connectivity index (χ3v) is 3.16. The van der Waals surface area contributed by atoms with E-state index in [1.54, 1.807) is 43.3 Å². The maximum Gasteiger partial charge on any atom is 0.248 e. The molecule has 2 N–H and O–H groups in total. The number of rotatable bonds is 5. The van der Waals surface area contributed by atoms with Crippen molar-refractivity contribution in [2.45, 2.75) is 20.0 Å². The number of ketones is 1. The van der Waals surface area contributed by atoms with Gasteiger partial charge in [0.15, 0.2) is 6.10 Å². The second-order valence-electron chi connectivity index (χ2n) is 4.88. The average molecular weight is 283 g/mol. The summed E-state index contributed by atoms with van der Waals surface area (Å²) >= 11 is 0. The van der Waals surface area contributed by atoms with Crippen LogP contribution in [0.2, 0.25) is 0 Å². The Kier molecular flexibility index (Phi) is 4.38. The fourth-order valence-electron chi connectivity index (χ4n) is 1.91. The summed E-state index contributed by atoms with van der Waals surface area (Å²) in [4.78, 5) is 23.2. The molecule has 0 saturated heterocycles. The van der Waals surface area contributed by atoms with Crippen molar-refractivity contribution in [1.29, 1.82) is 0 Å². The molecular weight excluding hydrogens is 266 g/mol. The molecule has 1 atom stereocenters. The zero-order chi connectivity index (χ0) is 15.4. The van der Waals surface area contributed by atoms with Gasteiger partial charge in [0.25, 0.3) is 0 Å². The molecule has 2 rings (SSSR count). The van der Waals surface area contributed by atoms with Gasteiger partial charge in [-0.2, -0.15) is 0 Å². The van der Waals surface area contributed by atoms with Gasteiger partial charge in [0, 0.05) is 11.1 Å². The molecule has 0 aromatic heterocycles. The van der Waals surface area contributed by atoms with E-state index in [2.05, 4.69) is 0 Å². The summed E-state index contributed by atoms with van der Waals surface area (Å²) in [5, 5.41) is 0. The molecule has 21 heavy (non-hydrogen) atoms. The Morgan fingerprint density at radius 2 is 1.48 bits per heavy atom. The predicted molar refractivity (Wildman–Crippen MR) is 80.6 cm³/mol. The van der Waals surface area contributed by atoms with Crippen LogP contribution in [0.1, 0.15) is 33.2 Å². The van der Waals surface area contributed by atoms with Crippen molar-refractivity contribution in [1.82, 2.24) is 0 Å². The van der Waals surface area contributed by atoms with Crippen LogP contribution in [-0.2, 0) is 0 Å². The summed E-state index contributed by atoms with van der Waals surface area (Å²) in [5.74, 6) is -0.0627. The Morgan fingerprint density at radius 3 is 2.00 bits per heavy atom. The topological polar surface area (TPSA) is 69.4 Å². The minimum atomic E-state index is -0.605. The second kappa shape index (κ2) is 6.22. The zero-order valence-corrected chi connectivity index (χ0v) is 12.0. The number of amides is 1. The number of carbonyl (C=O) groups excluding carboxylic acids is 2. The molecule has 108 valence electrons. The van der Waals surface area contributed by atoms with E-state index in [0.717, 1.165) is 5.56 Å². The molecule has 0 radical (unpaired) electrons. The lowest BCUT2D eigenvalue weighted by Gasteiger charge is -2.14. The van der Waals surface area contributed by atoms with Crippen molar-refractivity contribution in [3.63, 3.8) is 0 Å². The molecule has 1 amide bonds. The van der Waals surface area contributed by atoms with Crippen molar-refractivity contribution in [3.8, 4) is 5.75 Å². The normalized spacial score (nSPS) is 11.7. The zero-order valence-electron chi connectivity index (χ0n) is 12.0. The van der Waals surface area contributed by atoms with E-state index < -0.39 is 12.0 Å². The smallest absolute Gasteiger partial charge is 0.248 e. The maximum atomic E-state index is 12.2. The van der Waals surface area contributed by atoms with Crippen LogP contribution in [0.5, 0.6) is 5.75 Å². The first-order valence-corrected chi connectivity index (χ1v) is 6.65. The number of primary amides is 1. The Balaban J connectivity index is 2.06. The molecule has 0 heterocycles. The molecular formula is C17H17NO3. The standard InChI is InChI=1S/C17H17NO3/c1-11-3-5-13(6-4-11)16(19)12(2)21-15-9-7-14(8-10-15)17(18)20/h3-10,12H,1-2H3,(H2,18,20)/t12-/m1/s1. The van der Waals surface area contributed by atoms with Crippen LogP contribution in [0.3, 0.4) is 0 Å². The first-order chi connectivity index (χ1) is 9.97. The Morgan fingerprint density at radius 1 is 0.952 bits per heavy atom. The van der Waals surface area contributed by atoms with E-state index in [4.69, 9.17) is 10.5 Å². The van der Waals surface area contributed by atoms with E-state index in [0.29, 0.717) is 16.9 Å². The van der Waals surface area contributed by atoms with Gasteiger partial charge in [-0.15, -0.1) is 0 Å². The molecule has 0 aliphatic rings. The number of ether oxygens (including phenoxy) is 1. The molecule has 0 aliphatic carbocycles. The van der Waals surface area contributed by atoms with E-state index in [1.165, 1.54) is 0 Å². The summed E-state index contributed by atoms with van der Waals surface area (Å²) in [6.45, 7) is 3.67. The molecule has 2 aromatic carbocycles. The maximum absolute atomic E-state index is 12.2. The molecule has 0 aliphatic heterocycles. The summed E-state index contributed by atoms with van der Waals surface area (Å²) in [7, 11) is 0. The van der Waals surface area contributed by atoms with E-state index in [9.17, 15) is 9.59 Å². The fourth-order valence-corrected chi connectivity index (χ4v) is 1.91. The van der Waals surface area contributed by atoms with Crippen LogP contribution in [-0.4, -0.2) is 17.8 Å². The van der Waals surface area contributed by atoms with Gasteiger partial charge >= 0.3 is 0 Å². The number of benzene rings is 2. The lowest BCUT2D eigenvalue weighted by atomic mass is 10.1. The number of Topliss-reactive ketones (excluding diaryl/α,β-unsaturated/α-hetero) is 1. The number of aryl methyl sites for hydroxylation is 1. The highest BCUT2D eigenvalue weighted by atomic mass is 16.5. The minimum Gasteiger partial charge on any atom is -0.483 e. The van der Waals surface area contributed by atoms with Gasteiger partial charge in [-0.25, -0.2) is 0 Å². The fraction of sp³-hybridized carbons (Fsp3) is 0.176. The van der Waals surface area contributed by atoms with E-state index >= 15 is 0 Å². The molecule has 4 heteroatoms. The van der Waals surface area contributed by atoms with Gasteiger partial charge in [0.05, 0.1) is 0 Å². The SMILES string of the molecule is Cc1ccc(C(=O)[C@@H](C)Oc2ccc(C(N)=O)cc2)cc1. The van der Waals surface area contributed by atoms with Gasteiger partial charge in [-0.3, -0.25) is 9.59 Å². The lowest BCUT2D eigenvalue weighted by Crippen LogP contribution is -2.24. The van der Waals surface area contributed by atoms with Gasteiger partial charge in [0.2, 0.25) is 11.7 Å². The Labute approximate surface area is 123 Å². The van der Waals surface area contributed by atoms with Crippen LogP contribution in [0.25, 0.3) is 0 Å². The Bertz CT molecular complexity index is 645. The third kappa shape index (κ3) is 3.69. The quantitative estimate of drug-likeness (QED) is 0.858. The van der Waals surface area contributed by atoms with Crippen LogP contribution < -0.4 is 10.5 Å². The minimum absolute atomic E-state index is 0.0889. The highest BCUT2D eigenvalue weighted by Gasteiger charge is 2.16. The molecule has 0 saturated carbocycles. The number of hydrogen-bond acceptors (Lipinski definition) is 3. The Hall–Kier alpha value is -2.62. The van der Waals surface area contributed by atoms with Crippen LogP contribution in [0.15, 0.2) is 48.5 Å². The number of nitrogens with two attached hydrogens (primary N) is 1. The summed E-state index contributed by atoms with van der Waals surface area (Å²) in [5.41, 5.74) is 7.28. The highest BCUT2D eigenvalue weighted by molar-refractivity contribution is 5.99. The first kappa shape index (κ1) is 14.8. The van der Waals surface area contributed by atoms with Gasteiger partial charge < -0.3 is 10.5 Å². The van der Waals surface area contributed by atoms with Crippen molar-refractivity contribution in [2.24, 2.45) is 5.73 Å². The summed E-state index contributed by atoms with van der Waals surface area (Å²) in [6, 6.07) is 13.7. The van der Waals surface area contributed by atoms with Crippen molar-refractivity contribution < 1.29 is 14.3 Å². The number of carbonyl (C=O) groups is 2.